The number of furan rings is 1. The van der Waals surface area contributed by atoms with E-state index < -0.39 is 5.97 Å². The maximum absolute atomic E-state index is 12.4. The third-order valence-electron chi connectivity index (χ3n) is 4.62. The Labute approximate surface area is 164 Å². The van der Waals surface area contributed by atoms with Crippen LogP contribution >= 0.6 is 0 Å². The molecule has 1 unspecified atom stereocenters. The molecule has 3 rings (SSSR count). The fourth-order valence-electron chi connectivity index (χ4n) is 3.32. The SMILES string of the molecule is CCOC(=O)c1oc2ccccc2c1C[NH+](C)Cc1ccc(OC)cc1OC. The molecule has 1 N–H and O–H groups in total. The Hall–Kier alpha value is -2.99. The van der Waals surface area contributed by atoms with Gasteiger partial charge in [0.2, 0.25) is 5.76 Å². The number of fused-ring (bicyclic) bond motifs is 1. The summed E-state index contributed by atoms with van der Waals surface area (Å²) in [5.74, 6) is 1.39. The van der Waals surface area contributed by atoms with Gasteiger partial charge in [0.05, 0.1) is 33.4 Å². The fourth-order valence-corrected chi connectivity index (χ4v) is 3.32. The average molecular weight is 384 g/mol. The Morgan fingerprint density at radius 2 is 1.86 bits per heavy atom. The maximum atomic E-state index is 12.4. The molecule has 0 aliphatic heterocycles. The van der Waals surface area contributed by atoms with Crippen LogP contribution in [-0.2, 0) is 17.8 Å². The van der Waals surface area contributed by atoms with E-state index in [0.717, 1.165) is 34.6 Å². The van der Waals surface area contributed by atoms with Crippen LogP contribution < -0.4 is 14.4 Å². The Morgan fingerprint density at radius 3 is 2.57 bits per heavy atom. The van der Waals surface area contributed by atoms with Gasteiger partial charge in [0.15, 0.2) is 0 Å². The lowest BCUT2D eigenvalue weighted by atomic mass is 10.1. The molecular formula is C22H26NO5+. The van der Waals surface area contributed by atoms with E-state index in [9.17, 15) is 4.79 Å². The zero-order valence-corrected chi connectivity index (χ0v) is 16.7. The van der Waals surface area contributed by atoms with Crippen molar-refractivity contribution >= 4 is 16.9 Å². The van der Waals surface area contributed by atoms with Gasteiger partial charge in [0.1, 0.15) is 30.2 Å². The Morgan fingerprint density at radius 1 is 1.07 bits per heavy atom. The van der Waals surface area contributed by atoms with Crippen LogP contribution in [0.25, 0.3) is 11.0 Å². The lowest BCUT2D eigenvalue weighted by molar-refractivity contribution is -0.907. The van der Waals surface area contributed by atoms with E-state index in [0.29, 0.717) is 18.7 Å². The first-order valence-corrected chi connectivity index (χ1v) is 9.27. The van der Waals surface area contributed by atoms with Gasteiger partial charge in [0.25, 0.3) is 0 Å². The number of methoxy groups -OCH3 is 2. The highest BCUT2D eigenvalue weighted by Crippen LogP contribution is 2.27. The minimum atomic E-state index is -0.427. The number of quaternary nitrogens is 1. The Bertz CT molecular complexity index is 963. The summed E-state index contributed by atoms with van der Waals surface area (Å²) in [5, 5.41) is 0.937. The third kappa shape index (κ3) is 4.12. The first-order chi connectivity index (χ1) is 13.6. The van der Waals surface area contributed by atoms with Crippen LogP contribution in [0.2, 0.25) is 0 Å². The molecule has 6 heteroatoms. The highest BCUT2D eigenvalue weighted by Gasteiger charge is 2.24. The lowest BCUT2D eigenvalue weighted by Gasteiger charge is -2.16. The van der Waals surface area contributed by atoms with Crippen LogP contribution in [0, 0.1) is 0 Å². The van der Waals surface area contributed by atoms with Crippen LogP contribution in [0.5, 0.6) is 11.5 Å². The second kappa shape index (κ2) is 8.80. The minimum Gasteiger partial charge on any atom is -0.497 e. The number of carbonyl (C=O) groups is 1. The molecule has 3 aromatic rings. The zero-order chi connectivity index (χ0) is 20.1. The number of carbonyl (C=O) groups excluding carboxylic acids is 1. The maximum Gasteiger partial charge on any atom is 0.374 e. The molecule has 1 heterocycles. The molecule has 0 saturated heterocycles. The van der Waals surface area contributed by atoms with E-state index in [-0.39, 0.29) is 5.76 Å². The van der Waals surface area contributed by atoms with Gasteiger partial charge in [-0.2, -0.15) is 0 Å². The number of rotatable bonds is 8. The molecule has 1 aromatic heterocycles. The lowest BCUT2D eigenvalue weighted by Crippen LogP contribution is -3.06. The number of hydrogen-bond donors (Lipinski definition) is 1. The quantitative estimate of drug-likeness (QED) is 0.605. The van der Waals surface area contributed by atoms with Gasteiger partial charge in [-0.3, -0.25) is 0 Å². The van der Waals surface area contributed by atoms with Crippen molar-refractivity contribution in [1.29, 1.82) is 0 Å². The van der Waals surface area contributed by atoms with Crippen molar-refractivity contribution in [2.24, 2.45) is 0 Å². The van der Waals surface area contributed by atoms with Crippen molar-refractivity contribution < 1.29 is 28.3 Å². The van der Waals surface area contributed by atoms with Crippen molar-refractivity contribution in [2.45, 2.75) is 20.0 Å². The molecule has 0 radical (unpaired) electrons. The van der Waals surface area contributed by atoms with Crippen LogP contribution in [0.15, 0.2) is 46.9 Å². The van der Waals surface area contributed by atoms with Gasteiger partial charge >= 0.3 is 5.97 Å². The second-order valence-electron chi connectivity index (χ2n) is 6.61. The van der Waals surface area contributed by atoms with Gasteiger partial charge in [-0.15, -0.1) is 0 Å². The molecule has 6 nitrogen and oxygen atoms in total. The van der Waals surface area contributed by atoms with Gasteiger partial charge < -0.3 is 23.5 Å². The van der Waals surface area contributed by atoms with E-state index in [1.54, 1.807) is 21.1 Å². The number of esters is 1. The summed E-state index contributed by atoms with van der Waals surface area (Å²) in [6.07, 6.45) is 0. The molecule has 0 fully saturated rings. The molecule has 0 saturated carbocycles. The molecule has 148 valence electrons. The predicted octanol–water partition coefficient (Wildman–Crippen LogP) is 2.84. The Balaban J connectivity index is 1.88. The number of hydrogen-bond acceptors (Lipinski definition) is 5. The number of benzene rings is 2. The summed E-state index contributed by atoms with van der Waals surface area (Å²) in [7, 11) is 5.35. The first-order valence-electron chi connectivity index (χ1n) is 9.27. The molecule has 0 aliphatic carbocycles. The van der Waals surface area contributed by atoms with E-state index in [1.165, 1.54) is 4.90 Å². The van der Waals surface area contributed by atoms with Gasteiger partial charge in [-0.25, -0.2) is 4.79 Å². The molecule has 0 spiro atoms. The van der Waals surface area contributed by atoms with Gasteiger partial charge in [-0.05, 0) is 25.1 Å². The highest BCUT2D eigenvalue weighted by atomic mass is 16.5. The fraction of sp³-hybridized carbons (Fsp3) is 0.318. The molecule has 2 aromatic carbocycles. The van der Waals surface area contributed by atoms with Crippen LogP contribution in [0.3, 0.4) is 0 Å². The van der Waals surface area contributed by atoms with Crippen molar-refractivity contribution in [3.8, 4) is 11.5 Å². The molecular weight excluding hydrogens is 358 g/mol. The Kier molecular flexibility index (Phi) is 6.21. The molecule has 0 aliphatic rings. The summed E-state index contributed by atoms with van der Waals surface area (Å²) in [6, 6.07) is 13.5. The van der Waals surface area contributed by atoms with Crippen molar-refractivity contribution in [1.82, 2.24) is 0 Å². The van der Waals surface area contributed by atoms with Crippen LogP contribution in [-0.4, -0.2) is 33.8 Å². The van der Waals surface area contributed by atoms with Crippen LogP contribution in [0.1, 0.15) is 28.6 Å². The topological polar surface area (TPSA) is 62.3 Å². The normalized spacial score (nSPS) is 12.0. The summed E-state index contributed by atoms with van der Waals surface area (Å²) in [4.78, 5) is 13.6. The molecule has 0 bridgehead atoms. The third-order valence-corrected chi connectivity index (χ3v) is 4.62. The second-order valence-corrected chi connectivity index (χ2v) is 6.61. The van der Waals surface area contributed by atoms with E-state index >= 15 is 0 Å². The number of nitrogens with one attached hydrogen (secondary N) is 1. The average Bonchev–Trinajstić information content (AvgIpc) is 3.07. The largest absolute Gasteiger partial charge is 0.497 e. The molecule has 1 atom stereocenters. The van der Waals surface area contributed by atoms with Gasteiger partial charge in [0, 0.05) is 17.0 Å². The first kappa shape index (κ1) is 19.8. The zero-order valence-electron chi connectivity index (χ0n) is 16.7. The van der Waals surface area contributed by atoms with E-state index in [2.05, 4.69) is 7.05 Å². The molecule has 0 amide bonds. The number of para-hydroxylation sites is 1. The van der Waals surface area contributed by atoms with Gasteiger partial charge in [-0.1, -0.05) is 18.2 Å². The van der Waals surface area contributed by atoms with Crippen molar-refractivity contribution in [3.63, 3.8) is 0 Å². The highest BCUT2D eigenvalue weighted by molar-refractivity contribution is 5.96. The molecule has 28 heavy (non-hydrogen) atoms. The summed E-state index contributed by atoms with van der Waals surface area (Å²) in [6.45, 7) is 3.42. The summed E-state index contributed by atoms with van der Waals surface area (Å²) >= 11 is 0. The predicted molar refractivity (Wildman–Crippen MR) is 106 cm³/mol. The van der Waals surface area contributed by atoms with Crippen molar-refractivity contribution in [3.05, 3.63) is 59.4 Å². The smallest absolute Gasteiger partial charge is 0.374 e. The number of ether oxygens (including phenoxy) is 3. The van der Waals surface area contributed by atoms with Crippen LogP contribution in [0.4, 0.5) is 0 Å². The monoisotopic (exact) mass is 384 g/mol. The standard InChI is InChI=1S/C22H25NO5/c1-5-27-22(24)21-18(17-8-6-7-9-19(17)28-21)14-23(2)13-15-10-11-16(25-3)12-20(15)26-4/h6-12H,5,13-14H2,1-4H3/p+1. The minimum absolute atomic E-state index is 0.282. The van der Waals surface area contributed by atoms with Crippen molar-refractivity contribution in [2.75, 3.05) is 27.9 Å². The summed E-state index contributed by atoms with van der Waals surface area (Å²) < 4.78 is 21.8. The summed E-state index contributed by atoms with van der Waals surface area (Å²) in [5.41, 5.74) is 2.61. The van der Waals surface area contributed by atoms with E-state index in [1.807, 2.05) is 42.5 Å². The van der Waals surface area contributed by atoms with E-state index in [4.69, 9.17) is 18.6 Å².